The fourth-order valence-corrected chi connectivity index (χ4v) is 1.37. The molecular formula is C12H10F2N4O2. The zero-order valence-corrected chi connectivity index (χ0v) is 10.2. The fraction of sp³-hybridized carbons (Fsp3) is 0.167. The van der Waals surface area contributed by atoms with Gasteiger partial charge in [0.25, 0.3) is 12.3 Å². The van der Waals surface area contributed by atoms with Crippen LogP contribution in [0.5, 0.6) is 5.88 Å². The number of alkyl halides is 2. The highest BCUT2D eigenvalue weighted by Crippen LogP contribution is 2.16. The Balaban J connectivity index is 2.13. The average molecular weight is 280 g/mol. The number of anilines is 1. The molecule has 0 bridgehead atoms. The topological polar surface area (TPSA) is 77.0 Å². The van der Waals surface area contributed by atoms with Crippen LogP contribution in [0.2, 0.25) is 0 Å². The molecule has 0 fully saturated rings. The lowest BCUT2D eigenvalue weighted by atomic mass is 10.2. The van der Waals surface area contributed by atoms with Crippen molar-refractivity contribution in [2.24, 2.45) is 0 Å². The van der Waals surface area contributed by atoms with Crippen LogP contribution in [0.1, 0.15) is 10.4 Å². The van der Waals surface area contributed by atoms with E-state index in [1.165, 1.54) is 36.9 Å². The summed E-state index contributed by atoms with van der Waals surface area (Å²) in [6, 6.07) is 2.92. The monoisotopic (exact) mass is 280 g/mol. The van der Waals surface area contributed by atoms with Crippen LogP contribution in [-0.4, -0.2) is 33.9 Å². The second kappa shape index (κ2) is 6.50. The van der Waals surface area contributed by atoms with Gasteiger partial charge in [-0.15, -0.1) is 0 Å². The van der Waals surface area contributed by atoms with E-state index >= 15 is 0 Å². The van der Waals surface area contributed by atoms with Crippen molar-refractivity contribution in [1.29, 1.82) is 0 Å². The van der Waals surface area contributed by atoms with Crippen LogP contribution < -0.4 is 10.1 Å². The first-order valence-electron chi connectivity index (χ1n) is 5.60. The Morgan fingerprint density at radius 2 is 2.15 bits per heavy atom. The Morgan fingerprint density at radius 1 is 1.30 bits per heavy atom. The predicted octanol–water partition coefficient (Wildman–Crippen LogP) is 1.77. The molecule has 0 aromatic carbocycles. The molecule has 0 saturated carbocycles. The average Bonchev–Trinajstić information content (AvgIpc) is 2.46. The fourth-order valence-electron chi connectivity index (χ4n) is 1.37. The van der Waals surface area contributed by atoms with Gasteiger partial charge >= 0.3 is 0 Å². The summed E-state index contributed by atoms with van der Waals surface area (Å²) in [5.41, 5.74) is 0.0406. The lowest BCUT2D eigenvalue weighted by Gasteiger charge is -2.09. The van der Waals surface area contributed by atoms with Gasteiger partial charge < -0.3 is 10.1 Å². The molecule has 0 aliphatic carbocycles. The van der Waals surface area contributed by atoms with Crippen molar-refractivity contribution in [2.45, 2.75) is 6.43 Å². The number of nitrogens with one attached hydrogen (secondary N) is 1. The number of carbonyl (C=O) groups excluding carboxylic acids is 1. The van der Waals surface area contributed by atoms with E-state index in [4.69, 9.17) is 4.74 Å². The van der Waals surface area contributed by atoms with Crippen molar-refractivity contribution < 1.29 is 18.3 Å². The molecule has 1 N–H and O–H groups in total. The molecule has 0 radical (unpaired) electrons. The summed E-state index contributed by atoms with van der Waals surface area (Å²) in [5.74, 6) is -0.488. The molecule has 1 amide bonds. The second-order valence-electron chi connectivity index (χ2n) is 3.60. The van der Waals surface area contributed by atoms with Crippen molar-refractivity contribution in [3.8, 4) is 5.88 Å². The summed E-state index contributed by atoms with van der Waals surface area (Å²) in [6.45, 7) is -0.831. The van der Waals surface area contributed by atoms with Crippen LogP contribution in [0.25, 0.3) is 0 Å². The third-order valence-corrected chi connectivity index (χ3v) is 2.17. The molecule has 0 aliphatic rings. The van der Waals surface area contributed by atoms with Gasteiger partial charge in [-0.25, -0.2) is 18.7 Å². The smallest absolute Gasteiger partial charge is 0.272 e. The number of pyridine rings is 1. The van der Waals surface area contributed by atoms with E-state index in [1.807, 2.05) is 0 Å². The molecule has 20 heavy (non-hydrogen) atoms. The molecule has 8 heteroatoms. The molecule has 2 aromatic rings. The minimum Gasteiger partial charge on any atom is -0.471 e. The zero-order chi connectivity index (χ0) is 14.4. The Labute approximate surface area is 112 Å². The van der Waals surface area contributed by atoms with Crippen LogP contribution in [-0.2, 0) is 0 Å². The van der Waals surface area contributed by atoms with Gasteiger partial charge in [-0.3, -0.25) is 9.78 Å². The van der Waals surface area contributed by atoms with E-state index < -0.39 is 18.9 Å². The van der Waals surface area contributed by atoms with Crippen molar-refractivity contribution in [3.05, 3.63) is 42.5 Å². The lowest BCUT2D eigenvalue weighted by molar-refractivity contribution is 0.0780. The van der Waals surface area contributed by atoms with E-state index in [2.05, 4.69) is 20.3 Å². The highest BCUT2D eigenvalue weighted by Gasteiger charge is 2.15. The van der Waals surface area contributed by atoms with E-state index in [9.17, 15) is 13.6 Å². The van der Waals surface area contributed by atoms with Gasteiger partial charge in [0.2, 0.25) is 5.88 Å². The van der Waals surface area contributed by atoms with Gasteiger partial charge in [0.1, 0.15) is 5.56 Å². The molecule has 0 aliphatic heterocycles. The maximum absolute atomic E-state index is 12.1. The van der Waals surface area contributed by atoms with Gasteiger partial charge in [0.05, 0.1) is 6.20 Å². The van der Waals surface area contributed by atoms with E-state index in [-0.39, 0.29) is 17.3 Å². The first kappa shape index (κ1) is 13.8. The van der Waals surface area contributed by atoms with E-state index in [0.717, 1.165) is 0 Å². The Morgan fingerprint density at radius 3 is 2.85 bits per heavy atom. The lowest BCUT2D eigenvalue weighted by Crippen LogP contribution is -2.17. The van der Waals surface area contributed by atoms with Gasteiger partial charge in [0.15, 0.2) is 12.4 Å². The highest BCUT2D eigenvalue weighted by atomic mass is 19.3. The van der Waals surface area contributed by atoms with Gasteiger partial charge in [-0.05, 0) is 12.1 Å². The largest absolute Gasteiger partial charge is 0.471 e. The molecule has 2 rings (SSSR count). The molecule has 6 nitrogen and oxygen atoms in total. The Kier molecular flexibility index (Phi) is 4.48. The van der Waals surface area contributed by atoms with Gasteiger partial charge in [0, 0.05) is 18.6 Å². The van der Waals surface area contributed by atoms with Crippen molar-refractivity contribution in [2.75, 3.05) is 11.9 Å². The molecule has 2 aromatic heterocycles. The number of amides is 1. The summed E-state index contributed by atoms with van der Waals surface area (Å²) in [5, 5.41) is 2.47. The zero-order valence-electron chi connectivity index (χ0n) is 10.2. The van der Waals surface area contributed by atoms with Crippen LogP contribution in [0, 0.1) is 0 Å². The number of ether oxygens (including phenoxy) is 1. The van der Waals surface area contributed by atoms with Crippen LogP contribution in [0.4, 0.5) is 14.6 Å². The van der Waals surface area contributed by atoms with E-state index in [1.54, 1.807) is 0 Å². The number of nitrogens with zero attached hydrogens (tertiary/aromatic N) is 3. The van der Waals surface area contributed by atoms with Crippen LogP contribution in [0.15, 0.2) is 36.9 Å². The summed E-state index contributed by atoms with van der Waals surface area (Å²) in [6.07, 6.45) is 2.92. The van der Waals surface area contributed by atoms with Gasteiger partial charge in [-0.2, -0.15) is 0 Å². The Bertz CT molecular complexity index is 581. The molecule has 2 heterocycles. The summed E-state index contributed by atoms with van der Waals surface area (Å²) < 4.78 is 29.1. The van der Waals surface area contributed by atoms with E-state index in [0.29, 0.717) is 0 Å². The quantitative estimate of drug-likeness (QED) is 0.903. The maximum Gasteiger partial charge on any atom is 0.272 e. The number of hydrogen-bond acceptors (Lipinski definition) is 5. The number of rotatable bonds is 5. The van der Waals surface area contributed by atoms with Gasteiger partial charge in [-0.1, -0.05) is 0 Å². The van der Waals surface area contributed by atoms with Crippen LogP contribution >= 0.6 is 0 Å². The SMILES string of the molecule is O=C(Nc1cnccn1)c1cccnc1OCC(F)F. The summed E-state index contributed by atoms with van der Waals surface area (Å²) >= 11 is 0. The van der Waals surface area contributed by atoms with Crippen molar-refractivity contribution in [3.63, 3.8) is 0 Å². The minimum absolute atomic E-state index is 0.0406. The first-order valence-corrected chi connectivity index (χ1v) is 5.60. The predicted molar refractivity (Wildman–Crippen MR) is 65.7 cm³/mol. The number of aromatic nitrogens is 3. The summed E-state index contributed by atoms with van der Waals surface area (Å²) in [7, 11) is 0. The highest BCUT2D eigenvalue weighted by molar-refractivity contribution is 6.05. The molecule has 0 spiro atoms. The summed E-state index contributed by atoms with van der Waals surface area (Å²) in [4.78, 5) is 23.4. The minimum atomic E-state index is -2.65. The number of halogens is 2. The third kappa shape index (κ3) is 3.67. The first-order chi connectivity index (χ1) is 9.66. The molecule has 104 valence electrons. The molecular weight excluding hydrogens is 270 g/mol. The van der Waals surface area contributed by atoms with Crippen LogP contribution in [0.3, 0.4) is 0 Å². The van der Waals surface area contributed by atoms with Crippen molar-refractivity contribution in [1.82, 2.24) is 15.0 Å². The number of hydrogen-bond donors (Lipinski definition) is 1. The molecule has 0 atom stereocenters. The second-order valence-corrected chi connectivity index (χ2v) is 3.60. The maximum atomic E-state index is 12.1. The standard InChI is InChI=1S/C12H10F2N4O2/c13-9(14)7-20-12-8(2-1-3-17-12)11(19)18-10-6-15-4-5-16-10/h1-6,9H,7H2,(H,16,18,19). The number of carbonyl (C=O) groups is 1. The molecule has 0 unspecified atom stereocenters. The molecule has 0 saturated heterocycles. The normalized spacial score (nSPS) is 10.3. The third-order valence-electron chi connectivity index (χ3n) is 2.17. The Hall–Kier alpha value is -2.64. The van der Waals surface area contributed by atoms with Crippen molar-refractivity contribution >= 4 is 11.7 Å².